The molecule has 0 saturated heterocycles. The Hall–Kier alpha value is -1.06. The van der Waals surface area contributed by atoms with E-state index in [4.69, 9.17) is 15.6 Å². The molecule has 0 radical (unpaired) electrons. The molecule has 3 nitrogen and oxygen atoms in total. The molecule has 1 aromatic rings. The summed E-state index contributed by atoms with van der Waals surface area (Å²) in [5.41, 5.74) is 7.53. The van der Waals surface area contributed by atoms with E-state index >= 15 is 0 Å². The van der Waals surface area contributed by atoms with Gasteiger partial charge in [0.15, 0.2) is 0 Å². The number of aliphatic hydroxyl groups is 1. The highest BCUT2D eigenvalue weighted by atomic mass is 16.5. The lowest BCUT2D eigenvalue weighted by molar-refractivity contribution is 0.281. The Balaban J connectivity index is 3.10. The molecule has 0 heterocycles. The summed E-state index contributed by atoms with van der Waals surface area (Å²) in [6, 6.07) is 5.43. The highest BCUT2D eigenvalue weighted by molar-refractivity contribution is 5.38. The molecule has 0 aliphatic rings. The van der Waals surface area contributed by atoms with Crippen molar-refractivity contribution in [3.63, 3.8) is 0 Å². The van der Waals surface area contributed by atoms with E-state index < -0.39 is 0 Å². The number of hydrogen-bond acceptors (Lipinski definition) is 3. The first-order chi connectivity index (χ1) is 6.19. The highest BCUT2D eigenvalue weighted by Crippen LogP contribution is 2.24. The van der Waals surface area contributed by atoms with Crippen molar-refractivity contribution >= 4 is 0 Å². The van der Waals surface area contributed by atoms with Crippen LogP contribution in [0.1, 0.15) is 24.1 Å². The van der Waals surface area contributed by atoms with Gasteiger partial charge in [0, 0.05) is 11.6 Å². The van der Waals surface area contributed by atoms with Gasteiger partial charge in [-0.15, -0.1) is 0 Å². The van der Waals surface area contributed by atoms with Crippen molar-refractivity contribution in [1.82, 2.24) is 0 Å². The van der Waals surface area contributed by atoms with E-state index in [1.807, 2.05) is 25.1 Å². The van der Waals surface area contributed by atoms with Crippen molar-refractivity contribution in [2.24, 2.45) is 5.73 Å². The van der Waals surface area contributed by atoms with Gasteiger partial charge in [0.1, 0.15) is 5.75 Å². The fourth-order valence-corrected chi connectivity index (χ4v) is 1.24. The van der Waals surface area contributed by atoms with Crippen LogP contribution in [0, 0.1) is 0 Å². The molecule has 0 unspecified atom stereocenters. The van der Waals surface area contributed by atoms with Crippen LogP contribution in [-0.4, -0.2) is 12.2 Å². The van der Waals surface area contributed by atoms with E-state index in [0.29, 0.717) is 0 Å². The summed E-state index contributed by atoms with van der Waals surface area (Å²) in [7, 11) is 1.61. The maximum absolute atomic E-state index is 8.93. The lowest BCUT2D eigenvalue weighted by Gasteiger charge is -2.12. The average molecular weight is 181 g/mol. The van der Waals surface area contributed by atoms with E-state index in [9.17, 15) is 0 Å². The van der Waals surface area contributed by atoms with Crippen molar-refractivity contribution in [2.45, 2.75) is 19.6 Å². The Bertz CT molecular complexity index is 284. The molecule has 13 heavy (non-hydrogen) atoms. The third-order valence-electron chi connectivity index (χ3n) is 1.97. The standard InChI is InChI=1S/C10H15NO2/c1-7(11)9-5-8(6-12)3-4-10(9)13-2/h3-5,7,12H,6,11H2,1-2H3/t7-/m0/s1. The normalized spacial score (nSPS) is 12.6. The highest BCUT2D eigenvalue weighted by Gasteiger charge is 2.07. The molecule has 0 fully saturated rings. The van der Waals surface area contributed by atoms with Gasteiger partial charge in [0.25, 0.3) is 0 Å². The third kappa shape index (κ3) is 2.20. The Kier molecular flexibility index (Phi) is 3.28. The molecular formula is C10H15NO2. The number of benzene rings is 1. The minimum atomic E-state index is -0.0820. The van der Waals surface area contributed by atoms with Crippen LogP contribution in [0.25, 0.3) is 0 Å². The zero-order valence-electron chi connectivity index (χ0n) is 7.95. The van der Waals surface area contributed by atoms with Crippen LogP contribution in [0.2, 0.25) is 0 Å². The van der Waals surface area contributed by atoms with Crippen LogP contribution in [0.15, 0.2) is 18.2 Å². The molecular weight excluding hydrogens is 166 g/mol. The molecule has 0 spiro atoms. The van der Waals surface area contributed by atoms with Crippen molar-refractivity contribution in [3.8, 4) is 5.75 Å². The van der Waals surface area contributed by atoms with Crippen molar-refractivity contribution in [3.05, 3.63) is 29.3 Å². The van der Waals surface area contributed by atoms with Gasteiger partial charge in [0.2, 0.25) is 0 Å². The summed E-state index contributed by atoms with van der Waals surface area (Å²) in [4.78, 5) is 0. The summed E-state index contributed by atoms with van der Waals surface area (Å²) in [5, 5.41) is 8.93. The molecule has 0 saturated carbocycles. The molecule has 3 heteroatoms. The largest absolute Gasteiger partial charge is 0.496 e. The maximum Gasteiger partial charge on any atom is 0.123 e. The molecule has 1 aromatic carbocycles. The predicted molar refractivity (Wildman–Crippen MR) is 51.5 cm³/mol. The first-order valence-electron chi connectivity index (χ1n) is 4.22. The summed E-state index contributed by atoms with van der Waals surface area (Å²) >= 11 is 0. The van der Waals surface area contributed by atoms with E-state index in [0.717, 1.165) is 16.9 Å². The van der Waals surface area contributed by atoms with Gasteiger partial charge in [0.05, 0.1) is 13.7 Å². The van der Waals surface area contributed by atoms with Crippen LogP contribution >= 0.6 is 0 Å². The summed E-state index contributed by atoms with van der Waals surface area (Å²) in [6.45, 7) is 1.92. The van der Waals surface area contributed by atoms with Crippen LogP contribution in [0.3, 0.4) is 0 Å². The van der Waals surface area contributed by atoms with Crippen molar-refractivity contribution in [2.75, 3.05) is 7.11 Å². The fraction of sp³-hybridized carbons (Fsp3) is 0.400. The lowest BCUT2D eigenvalue weighted by atomic mass is 10.0. The number of rotatable bonds is 3. The number of methoxy groups -OCH3 is 1. The Morgan fingerprint density at radius 1 is 1.54 bits per heavy atom. The lowest BCUT2D eigenvalue weighted by Crippen LogP contribution is -2.07. The zero-order valence-corrected chi connectivity index (χ0v) is 7.95. The van der Waals surface area contributed by atoms with Gasteiger partial charge in [-0.3, -0.25) is 0 Å². The third-order valence-corrected chi connectivity index (χ3v) is 1.97. The smallest absolute Gasteiger partial charge is 0.123 e. The molecule has 72 valence electrons. The Labute approximate surface area is 78.1 Å². The van der Waals surface area contributed by atoms with Crippen LogP contribution < -0.4 is 10.5 Å². The second-order valence-electron chi connectivity index (χ2n) is 3.02. The van der Waals surface area contributed by atoms with Crippen LogP contribution in [0.5, 0.6) is 5.75 Å². The predicted octanol–water partition coefficient (Wildman–Crippen LogP) is 1.21. The van der Waals surface area contributed by atoms with E-state index in [1.54, 1.807) is 7.11 Å². The minimum Gasteiger partial charge on any atom is -0.496 e. The molecule has 0 amide bonds. The number of nitrogens with two attached hydrogens (primary N) is 1. The van der Waals surface area contributed by atoms with Gasteiger partial charge in [-0.25, -0.2) is 0 Å². The van der Waals surface area contributed by atoms with Gasteiger partial charge < -0.3 is 15.6 Å². The van der Waals surface area contributed by atoms with Gasteiger partial charge in [-0.05, 0) is 24.6 Å². The first kappa shape index (κ1) is 10.0. The van der Waals surface area contributed by atoms with Crippen molar-refractivity contribution in [1.29, 1.82) is 0 Å². The second kappa shape index (κ2) is 4.25. The fourth-order valence-electron chi connectivity index (χ4n) is 1.24. The minimum absolute atomic E-state index is 0.0315. The second-order valence-corrected chi connectivity index (χ2v) is 3.02. The SMILES string of the molecule is COc1ccc(CO)cc1[C@H](C)N. The summed E-state index contributed by atoms with van der Waals surface area (Å²) in [5.74, 6) is 0.771. The number of hydrogen-bond donors (Lipinski definition) is 2. The molecule has 0 aliphatic carbocycles. The monoisotopic (exact) mass is 181 g/mol. The van der Waals surface area contributed by atoms with Gasteiger partial charge in [-0.1, -0.05) is 6.07 Å². The zero-order chi connectivity index (χ0) is 9.84. The molecule has 1 rings (SSSR count). The molecule has 1 atom stereocenters. The molecule has 0 aliphatic heterocycles. The van der Waals surface area contributed by atoms with E-state index in [-0.39, 0.29) is 12.6 Å². The van der Waals surface area contributed by atoms with Crippen LogP contribution in [0.4, 0.5) is 0 Å². The quantitative estimate of drug-likeness (QED) is 0.736. The average Bonchev–Trinajstić information content (AvgIpc) is 2.16. The van der Waals surface area contributed by atoms with E-state index in [2.05, 4.69) is 0 Å². The summed E-state index contributed by atoms with van der Waals surface area (Å²) in [6.07, 6.45) is 0. The van der Waals surface area contributed by atoms with Gasteiger partial charge >= 0.3 is 0 Å². The Morgan fingerprint density at radius 2 is 2.23 bits per heavy atom. The number of ether oxygens (including phenoxy) is 1. The Morgan fingerprint density at radius 3 is 2.69 bits per heavy atom. The topological polar surface area (TPSA) is 55.5 Å². The summed E-state index contributed by atoms with van der Waals surface area (Å²) < 4.78 is 5.14. The van der Waals surface area contributed by atoms with Gasteiger partial charge in [-0.2, -0.15) is 0 Å². The maximum atomic E-state index is 8.93. The molecule has 0 aromatic heterocycles. The molecule has 3 N–H and O–H groups in total. The first-order valence-corrected chi connectivity index (χ1v) is 4.22. The van der Waals surface area contributed by atoms with Crippen molar-refractivity contribution < 1.29 is 9.84 Å². The number of aliphatic hydroxyl groups excluding tert-OH is 1. The van der Waals surface area contributed by atoms with E-state index in [1.165, 1.54) is 0 Å². The van der Waals surface area contributed by atoms with Crippen LogP contribution in [-0.2, 0) is 6.61 Å². The molecule has 0 bridgehead atoms.